The Hall–Kier alpha value is -0.500. The molecule has 1 fully saturated rings. The molecule has 0 bridgehead atoms. The summed E-state index contributed by atoms with van der Waals surface area (Å²) in [5.41, 5.74) is 0.889. The van der Waals surface area contributed by atoms with Crippen molar-refractivity contribution >= 4 is 21.8 Å². The Morgan fingerprint density at radius 1 is 1.45 bits per heavy atom. The van der Waals surface area contributed by atoms with Crippen LogP contribution in [0.3, 0.4) is 0 Å². The molecule has 0 aromatic carbocycles. The Bertz CT molecular complexity index is 527. The standard InChI is InChI=1S/C13H23N3O2S2/c1-3-14-8-10-7-11(9-15-10)20(17,18)16-12-5-4-6-13(12)19-2/h7,9,12-16H,3-6,8H2,1-2H3. The quantitative estimate of drug-likeness (QED) is 0.715. The fourth-order valence-electron chi connectivity index (χ4n) is 2.55. The highest BCUT2D eigenvalue weighted by molar-refractivity contribution is 7.99. The molecule has 1 aromatic rings. The summed E-state index contributed by atoms with van der Waals surface area (Å²) in [5.74, 6) is 0. The summed E-state index contributed by atoms with van der Waals surface area (Å²) in [4.78, 5) is 3.34. The Kier molecular flexibility index (Phi) is 5.54. The molecule has 1 heterocycles. The van der Waals surface area contributed by atoms with Crippen LogP contribution in [0.15, 0.2) is 17.2 Å². The smallest absolute Gasteiger partial charge is 0.242 e. The number of rotatable bonds is 7. The van der Waals surface area contributed by atoms with E-state index in [0.29, 0.717) is 16.7 Å². The summed E-state index contributed by atoms with van der Waals surface area (Å²) in [6.45, 7) is 3.53. The molecule has 2 rings (SSSR count). The number of sulfonamides is 1. The van der Waals surface area contributed by atoms with Gasteiger partial charge in [-0.1, -0.05) is 13.3 Å². The fraction of sp³-hybridized carbons (Fsp3) is 0.692. The van der Waals surface area contributed by atoms with E-state index in [4.69, 9.17) is 0 Å². The molecule has 5 nitrogen and oxygen atoms in total. The molecule has 2 atom stereocenters. The van der Waals surface area contributed by atoms with Crippen LogP contribution in [0.5, 0.6) is 0 Å². The third-order valence-electron chi connectivity index (χ3n) is 3.65. The minimum Gasteiger partial charge on any atom is -0.363 e. The van der Waals surface area contributed by atoms with E-state index in [9.17, 15) is 8.42 Å². The van der Waals surface area contributed by atoms with Crippen LogP contribution in [-0.4, -0.2) is 37.5 Å². The molecule has 1 saturated carbocycles. The second kappa shape index (κ2) is 6.98. The van der Waals surface area contributed by atoms with Crippen molar-refractivity contribution in [1.29, 1.82) is 0 Å². The maximum absolute atomic E-state index is 12.4. The lowest BCUT2D eigenvalue weighted by atomic mass is 10.3. The van der Waals surface area contributed by atoms with E-state index in [1.165, 1.54) is 0 Å². The molecule has 114 valence electrons. The Labute approximate surface area is 125 Å². The molecule has 0 saturated heterocycles. The number of aromatic amines is 1. The van der Waals surface area contributed by atoms with E-state index in [1.807, 2.05) is 13.2 Å². The lowest BCUT2D eigenvalue weighted by Gasteiger charge is -2.18. The largest absolute Gasteiger partial charge is 0.363 e. The number of hydrogen-bond donors (Lipinski definition) is 3. The molecule has 1 aliphatic carbocycles. The molecule has 0 radical (unpaired) electrons. The number of nitrogens with one attached hydrogen (secondary N) is 3. The highest BCUT2D eigenvalue weighted by Gasteiger charge is 2.31. The van der Waals surface area contributed by atoms with Crippen molar-refractivity contribution in [2.45, 2.75) is 48.9 Å². The van der Waals surface area contributed by atoms with Crippen LogP contribution >= 0.6 is 11.8 Å². The first kappa shape index (κ1) is 15.9. The SMILES string of the molecule is CCNCc1cc(S(=O)(=O)NC2CCCC2SC)c[nH]1. The molecule has 20 heavy (non-hydrogen) atoms. The number of H-pyrrole nitrogens is 1. The summed E-state index contributed by atoms with van der Waals surface area (Å²) < 4.78 is 27.6. The van der Waals surface area contributed by atoms with Gasteiger partial charge in [0.1, 0.15) is 0 Å². The Morgan fingerprint density at radius 3 is 2.95 bits per heavy atom. The molecular weight excluding hydrogens is 294 g/mol. The van der Waals surface area contributed by atoms with Crippen molar-refractivity contribution in [3.8, 4) is 0 Å². The van der Waals surface area contributed by atoms with Crippen LogP contribution in [0.2, 0.25) is 0 Å². The monoisotopic (exact) mass is 317 g/mol. The van der Waals surface area contributed by atoms with Gasteiger partial charge in [0.2, 0.25) is 10.0 Å². The summed E-state index contributed by atoms with van der Waals surface area (Å²) in [5, 5.41) is 3.56. The van der Waals surface area contributed by atoms with Crippen molar-refractivity contribution in [3.63, 3.8) is 0 Å². The maximum atomic E-state index is 12.4. The van der Waals surface area contributed by atoms with E-state index < -0.39 is 10.0 Å². The third kappa shape index (κ3) is 3.78. The highest BCUT2D eigenvalue weighted by atomic mass is 32.2. The van der Waals surface area contributed by atoms with Gasteiger partial charge in [0.05, 0.1) is 4.90 Å². The third-order valence-corrected chi connectivity index (χ3v) is 6.29. The van der Waals surface area contributed by atoms with Gasteiger partial charge in [0.15, 0.2) is 0 Å². The summed E-state index contributed by atoms with van der Waals surface area (Å²) in [7, 11) is -3.41. The molecule has 0 aliphatic heterocycles. The van der Waals surface area contributed by atoms with Crippen LogP contribution < -0.4 is 10.0 Å². The second-order valence-electron chi connectivity index (χ2n) is 5.07. The molecule has 0 spiro atoms. The van der Waals surface area contributed by atoms with Gasteiger partial charge in [-0.2, -0.15) is 11.8 Å². The first-order chi connectivity index (χ1) is 9.56. The minimum atomic E-state index is -3.41. The first-order valence-corrected chi connectivity index (χ1v) is 9.77. The average Bonchev–Trinajstić information content (AvgIpc) is 3.04. The van der Waals surface area contributed by atoms with Gasteiger partial charge in [-0.3, -0.25) is 0 Å². The van der Waals surface area contributed by atoms with Crippen LogP contribution in [0.1, 0.15) is 31.9 Å². The van der Waals surface area contributed by atoms with E-state index in [2.05, 4.69) is 15.0 Å². The zero-order valence-electron chi connectivity index (χ0n) is 12.0. The lowest BCUT2D eigenvalue weighted by Crippen LogP contribution is -2.38. The van der Waals surface area contributed by atoms with Gasteiger partial charge in [0.25, 0.3) is 0 Å². The van der Waals surface area contributed by atoms with Gasteiger partial charge < -0.3 is 10.3 Å². The van der Waals surface area contributed by atoms with Gasteiger partial charge in [-0.25, -0.2) is 13.1 Å². The van der Waals surface area contributed by atoms with Crippen molar-refractivity contribution in [3.05, 3.63) is 18.0 Å². The topological polar surface area (TPSA) is 74.0 Å². The second-order valence-corrected chi connectivity index (χ2v) is 7.86. The zero-order chi connectivity index (χ0) is 14.6. The molecule has 1 aliphatic rings. The molecule has 2 unspecified atom stereocenters. The summed E-state index contributed by atoms with van der Waals surface area (Å²) >= 11 is 1.75. The van der Waals surface area contributed by atoms with Gasteiger partial charge in [-0.05, 0) is 31.7 Å². The summed E-state index contributed by atoms with van der Waals surface area (Å²) in [6, 6.07) is 1.76. The van der Waals surface area contributed by atoms with Crippen molar-refractivity contribution in [1.82, 2.24) is 15.0 Å². The maximum Gasteiger partial charge on any atom is 0.242 e. The zero-order valence-corrected chi connectivity index (χ0v) is 13.6. The van der Waals surface area contributed by atoms with Crippen LogP contribution in [0.25, 0.3) is 0 Å². The van der Waals surface area contributed by atoms with E-state index >= 15 is 0 Å². The van der Waals surface area contributed by atoms with E-state index in [-0.39, 0.29) is 6.04 Å². The lowest BCUT2D eigenvalue weighted by molar-refractivity contribution is 0.555. The van der Waals surface area contributed by atoms with E-state index in [0.717, 1.165) is 31.5 Å². The van der Waals surface area contributed by atoms with Gasteiger partial charge in [0, 0.05) is 29.7 Å². The predicted octanol–water partition coefficient (Wildman–Crippen LogP) is 1.69. The molecule has 7 heteroatoms. The fourth-order valence-corrected chi connectivity index (χ4v) is 4.90. The van der Waals surface area contributed by atoms with Crippen molar-refractivity contribution in [2.75, 3.05) is 12.8 Å². The number of aromatic nitrogens is 1. The number of thioether (sulfide) groups is 1. The number of hydrogen-bond acceptors (Lipinski definition) is 4. The summed E-state index contributed by atoms with van der Waals surface area (Å²) in [6.07, 6.45) is 6.73. The Morgan fingerprint density at radius 2 is 2.25 bits per heavy atom. The molecular formula is C13H23N3O2S2. The van der Waals surface area contributed by atoms with Gasteiger partial charge in [-0.15, -0.1) is 0 Å². The minimum absolute atomic E-state index is 0.0575. The van der Waals surface area contributed by atoms with Crippen molar-refractivity contribution in [2.24, 2.45) is 0 Å². The van der Waals surface area contributed by atoms with E-state index in [1.54, 1.807) is 24.0 Å². The molecule has 1 aromatic heterocycles. The van der Waals surface area contributed by atoms with Crippen LogP contribution in [0.4, 0.5) is 0 Å². The Balaban J connectivity index is 2.04. The van der Waals surface area contributed by atoms with Crippen LogP contribution in [0, 0.1) is 0 Å². The molecule has 0 amide bonds. The van der Waals surface area contributed by atoms with Crippen LogP contribution in [-0.2, 0) is 16.6 Å². The normalized spacial score (nSPS) is 23.3. The predicted molar refractivity (Wildman–Crippen MR) is 83.4 cm³/mol. The van der Waals surface area contributed by atoms with Gasteiger partial charge >= 0.3 is 0 Å². The van der Waals surface area contributed by atoms with Crippen molar-refractivity contribution < 1.29 is 8.42 Å². The molecule has 3 N–H and O–H groups in total. The first-order valence-electron chi connectivity index (χ1n) is 7.00. The average molecular weight is 317 g/mol. The highest BCUT2D eigenvalue weighted by Crippen LogP contribution is 2.29.